The molecule has 5 rings (SSSR count). The highest BCUT2D eigenvalue weighted by molar-refractivity contribution is 5.98. The number of benzene rings is 3. The van der Waals surface area contributed by atoms with Gasteiger partial charge in [0.1, 0.15) is 17.9 Å². The molecule has 0 fully saturated rings. The monoisotopic (exact) mass is 397 g/mol. The summed E-state index contributed by atoms with van der Waals surface area (Å²) in [6.07, 6.45) is 0. The number of carbonyl (C=O) groups is 1. The van der Waals surface area contributed by atoms with Crippen molar-refractivity contribution in [3.8, 4) is 5.75 Å². The number of hydrogen-bond donors (Lipinski definition) is 0. The Morgan fingerprint density at radius 2 is 1.60 bits per heavy atom. The van der Waals surface area contributed by atoms with Crippen molar-refractivity contribution in [3.63, 3.8) is 0 Å². The third kappa shape index (κ3) is 2.95. The normalized spacial score (nSPS) is 15.4. The molecule has 1 amide bonds. The molecule has 0 bridgehead atoms. The lowest BCUT2D eigenvalue weighted by molar-refractivity contribution is 0.0771. The largest absolute Gasteiger partial charge is 0.489 e. The van der Waals surface area contributed by atoms with Gasteiger partial charge in [0.25, 0.3) is 5.91 Å². The average Bonchev–Trinajstić information content (AvgIpc) is 3.04. The molecule has 1 aromatic heterocycles. The minimum atomic E-state index is -0.489. The fourth-order valence-electron chi connectivity index (χ4n) is 3.91. The fraction of sp³-hybridized carbons (Fsp3) is 0.120. The molecule has 1 aliphatic heterocycles. The second kappa shape index (κ2) is 7.19. The van der Waals surface area contributed by atoms with Crippen LogP contribution in [0.15, 0.2) is 88.1 Å². The molecule has 5 heteroatoms. The lowest BCUT2D eigenvalue weighted by Gasteiger charge is -2.20. The highest BCUT2D eigenvalue weighted by Gasteiger charge is 2.40. The number of fused-ring (bicyclic) bond motifs is 2. The van der Waals surface area contributed by atoms with Gasteiger partial charge in [0.15, 0.2) is 5.43 Å². The molecule has 148 valence electrons. The Morgan fingerprint density at radius 1 is 0.900 bits per heavy atom. The number of rotatable bonds is 4. The Morgan fingerprint density at radius 3 is 2.37 bits per heavy atom. The van der Waals surface area contributed by atoms with Gasteiger partial charge in [-0.1, -0.05) is 54.6 Å². The van der Waals surface area contributed by atoms with Gasteiger partial charge < -0.3 is 14.1 Å². The Labute approximate surface area is 173 Å². The molecular formula is C25H19NO4. The van der Waals surface area contributed by atoms with Crippen molar-refractivity contribution in [1.82, 2.24) is 4.90 Å². The van der Waals surface area contributed by atoms with Crippen molar-refractivity contribution in [2.45, 2.75) is 12.6 Å². The third-order valence-corrected chi connectivity index (χ3v) is 5.45. The highest BCUT2D eigenvalue weighted by Crippen LogP contribution is 2.37. The molecule has 30 heavy (non-hydrogen) atoms. The first-order valence-corrected chi connectivity index (χ1v) is 9.73. The minimum absolute atomic E-state index is 0.121. The fourth-order valence-corrected chi connectivity index (χ4v) is 3.91. The van der Waals surface area contributed by atoms with E-state index in [0.717, 1.165) is 16.9 Å². The van der Waals surface area contributed by atoms with E-state index in [1.165, 1.54) is 0 Å². The van der Waals surface area contributed by atoms with Crippen LogP contribution in [-0.4, -0.2) is 17.9 Å². The quantitative estimate of drug-likeness (QED) is 0.507. The zero-order valence-corrected chi connectivity index (χ0v) is 16.4. The number of hydrogen-bond acceptors (Lipinski definition) is 4. The molecule has 4 aromatic rings. The number of nitrogens with zero attached hydrogens (tertiary/aromatic N) is 1. The molecule has 2 heterocycles. The van der Waals surface area contributed by atoms with Gasteiger partial charge in [-0.15, -0.1) is 0 Å². The summed E-state index contributed by atoms with van der Waals surface area (Å²) < 4.78 is 11.7. The number of para-hydroxylation sites is 1. The van der Waals surface area contributed by atoms with Crippen molar-refractivity contribution in [3.05, 3.63) is 112 Å². The maximum absolute atomic E-state index is 13.2. The van der Waals surface area contributed by atoms with E-state index < -0.39 is 6.04 Å². The van der Waals surface area contributed by atoms with Crippen LogP contribution in [0.4, 0.5) is 0 Å². The van der Waals surface area contributed by atoms with E-state index in [1.807, 2.05) is 54.6 Å². The molecular weight excluding hydrogens is 378 g/mol. The summed E-state index contributed by atoms with van der Waals surface area (Å²) in [5, 5.41) is 0.479. The number of ether oxygens (including phenoxy) is 1. The van der Waals surface area contributed by atoms with Crippen LogP contribution in [0.25, 0.3) is 11.0 Å². The van der Waals surface area contributed by atoms with Crippen LogP contribution in [0, 0.1) is 0 Å². The second-order valence-electron chi connectivity index (χ2n) is 7.33. The van der Waals surface area contributed by atoms with Crippen molar-refractivity contribution in [2.75, 3.05) is 7.05 Å². The summed E-state index contributed by atoms with van der Waals surface area (Å²) in [6, 6.07) is 23.9. The summed E-state index contributed by atoms with van der Waals surface area (Å²) in [4.78, 5) is 27.5. The van der Waals surface area contributed by atoms with E-state index in [4.69, 9.17) is 9.15 Å². The number of carbonyl (C=O) groups excluding carboxylic acids is 1. The molecule has 0 unspecified atom stereocenters. The van der Waals surface area contributed by atoms with Gasteiger partial charge in [-0.2, -0.15) is 0 Å². The van der Waals surface area contributed by atoms with E-state index in [9.17, 15) is 9.59 Å². The summed E-state index contributed by atoms with van der Waals surface area (Å²) in [6.45, 7) is 0.473. The number of amides is 1. The van der Waals surface area contributed by atoms with Crippen molar-refractivity contribution >= 4 is 16.9 Å². The van der Waals surface area contributed by atoms with E-state index in [0.29, 0.717) is 23.1 Å². The first kappa shape index (κ1) is 18.2. The summed E-state index contributed by atoms with van der Waals surface area (Å²) >= 11 is 0. The Bertz CT molecular complexity index is 1290. The Balaban J connectivity index is 1.48. The average molecular weight is 397 g/mol. The summed E-state index contributed by atoms with van der Waals surface area (Å²) in [5.74, 6) is 0.554. The van der Waals surface area contributed by atoms with Crippen LogP contribution < -0.4 is 10.2 Å². The van der Waals surface area contributed by atoms with E-state index in [2.05, 4.69) is 0 Å². The van der Waals surface area contributed by atoms with Gasteiger partial charge in [-0.05, 0) is 35.4 Å². The molecule has 0 aliphatic carbocycles. The maximum Gasteiger partial charge on any atom is 0.290 e. The Hall–Kier alpha value is -3.86. The first-order chi connectivity index (χ1) is 14.6. The molecule has 3 aromatic carbocycles. The van der Waals surface area contributed by atoms with Gasteiger partial charge in [-0.25, -0.2) is 0 Å². The van der Waals surface area contributed by atoms with Gasteiger partial charge in [-0.3, -0.25) is 9.59 Å². The van der Waals surface area contributed by atoms with Crippen LogP contribution in [0.3, 0.4) is 0 Å². The highest BCUT2D eigenvalue weighted by atomic mass is 16.5. The lowest BCUT2D eigenvalue weighted by Crippen LogP contribution is -2.25. The van der Waals surface area contributed by atoms with Crippen LogP contribution in [0.2, 0.25) is 0 Å². The topological polar surface area (TPSA) is 59.8 Å². The smallest absolute Gasteiger partial charge is 0.290 e. The summed E-state index contributed by atoms with van der Waals surface area (Å²) in [7, 11) is 1.69. The summed E-state index contributed by atoms with van der Waals surface area (Å²) in [5.41, 5.74) is 2.56. The standard InChI is InChI=1S/C25H19NO4/c1-26-22(17-11-13-18(14-12-17)29-15-16-7-3-2-4-8-16)21-23(27)19-9-5-6-10-20(19)30-24(21)25(26)28/h2-14,22H,15H2,1H3/t22-/m1/s1. The zero-order valence-electron chi connectivity index (χ0n) is 16.4. The third-order valence-electron chi connectivity index (χ3n) is 5.45. The molecule has 0 saturated heterocycles. The molecule has 1 aliphatic rings. The van der Waals surface area contributed by atoms with Crippen LogP contribution in [0.5, 0.6) is 5.75 Å². The van der Waals surface area contributed by atoms with Gasteiger partial charge >= 0.3 is 0 Å². The van der Waals surface area contributed by atoms with Crippen molar-refractivity contribution < 1.29 is 13.9 Å². The van der Waals surface area contributed by atoms with Crippen LogP contribution >= 0.6 is 0 Å². The van der Waals surface area contributed by atoms with E-state index >= 15 is 0 Å². The minimum Gasteiger partial charge on any atom is -0.489 e. The van der Waals surface area contributed by atoms with E-state index in [1.54, 1.807) is 36.2 Å². The first-order valence-electron chi connectivity index (χ1n) is 9.73. The van der Waals surface area contributed by atoms with Crippen molar-refractivity contribution in [1.29, 1.82) is 0 Å². The predicted octanol–water partition coefficient (Wildman–Crippen LogP) is 4.55. The molecule has 1 atom stereocenters. The Kier molecular flexibility index (Phi) is 4.36. The molecule has 0 saturated carbocycles. The maximum atomic E-state index is 13.2. The zero-order chi connectivity index (χ0) is 20.7. The van der Waals surface area contributed by atoms with Gasteiger partial charge in [0, 0.05) is 7.05 Å². The predicted molar refractivity (Wildman–Crippen MR) is 114 cm³/mol. The van der Waals surface area contributed by atoms with Crippen LogP contribution in [0.1, 0.15) is 33.3 Å². The van der Waals surface area contributed by atoms with Crippen LogP contribution in [-0.2, 0) is 6.61 Å². The second-order valence-corrected chi connectivity index (χ2v) is 7.33. The molecule has 0 spiro atoms. The molecule has 0 N–H and O–H groups in total. The SMILES string of the molecule is CN1C(=O)c2oc3ccccc3c(=O)c2[C@H]1c1ccc(OCc2ccccc2)cc1. The van der Waals surface area contributed by atoms with Crippen molar-refractivity contribution in [2.24, 2.45) is 0 Å². The van der Waals surface area contributed by atoms with E-state index in [-0.39, 0.29) is 17.1 Å². The lowest BCUT2D eigenvalue weighted by atomic mass is 9.99. The molecule has 5 nitrogen and oxygen atoms in total. The molecule has 0 radical (unpaired) electrons. The van der Waals surface area contributed by atoms with Gasteiger partial charge in [0.2, 0.25) is 5.76 Å². The van der Waals surface area contributed by atoms with Gasteiger partial charge in [0.05, 0.1) is 17.0 Å².